The molecule has 0 saturated carbocycles. The zero-order valence-corrected chi connectivity index (χ0v) is 21.8. The van der Waals surface area contributed by atoms with Crippen molar-refractivity contribution in [3.8, 4) is 11.5 Å². The number of azide groups is 1. The molecule has 0 radical (unpaired) electrons. The van der Waals surface area contributed by atoms with E-state index in [-0.39, 0.29) is 41.6 Å². The van der Waals surface area contributed by atoms with Crippen LogP contribution in [0, 0.1) is 0 Å². The third-order valence-corrected chi connectivity index (χ3v) is 6.51. The van der Waals surface area contributed by atoms with Crippen molar-refractivity contribution in [1.29, 1.82) is 0 Å². The minimum absolute atomic E-state index is 0.00803. The number of hydrogen-bond acceptors (Lipinski definition) is 8. The van der Waals surface area contributed by atoms with E-state index in [4.69, 9.17) is 26.7 Å². The molecule has 0 bridgehead atoms. The van der Waals surface area contributed by atoms with Crippen LogP contribution in [0.5, 0.6) is 11.5 Å². The SMILES string of the molecule is [N-]=[N+]=NCCC1CC=CCCC=C/C(NOCC(=O)N2CCCCC2)=C/c2c(Cl)c(O)cc(O)c2C(=O)O1. The Labute approximate surface area is 225 Å². The number of halogens is 1. The number of hydroxylamine groups is 1. The lowest BCUT2D eigenvalue weighted by atomic mass is 10.0. The van der Waals surface area contributed by atoms with Gasteiger partial charge in [0.05, 0.1) is 10.7 Å². The third-order valence-electron chi connectivity index (χ3n) is 6.11. The summed E-state index contributed by atoms with van der Waals surface area (Å²) in [5.41, 5.74) is 11.4. The van der Waals surface area contributed by atoms with Crippen molar-refractivity contribution >= 4 is 29.6 Å². The quantitative estimate of drug-likeness (QED) is 0.107. The molecule has 1 atom stereocenters. The van der Waals surface area contributed by atoms with Gasteiger partial charge in [-0.05, 0) is 56.2 Å². The Bertz CT molecular complexity index is 1140. The fourth-order valence-corrected chi connectivity index (χ4v) is 4.34. The molecular formula is C26H32ClN5O6. The Morgan fingerprint density at radius 2 is 1.97 bits per heavy atom. The van der Waals surface area contributed by atoms with Crippen LogP contribution >= 0.6 is 11.6 Å². The second-order valence-corrected chi connectivity index (χ2v) is 9.28. The molecule has 1 unspecified atom stereocenters. The first-order chi connectivity index (χ1) is 18.4. The summed E-state index contributed by atoms with van der Waals surface area (Å²) in [6.45, 7) is 1.33. The second-order valence-electron chi connectivity index (χ2n) is 8.91. The number of likely N-dealkylation sites (tertiary alicyclic amines) is 1. The average molecular weight is 546 g/mol. The van der Waals surface area contributed by atoms with Crippen LogP contribution in [0.25, 0.3) is 16.5 Å². The van der Waals surface area contributed by atoms with Crippen LogP contribution in [0.15, 0.2) is 41.2 Å². The van der Waals surface area contributed by atoms with Gasteiger partial charge in [0.25, 0.3) is 5.91 Å². The first-order valence-electron chi connectivity index (χ1n) is 12.6. The molecule has 0 aliphatic carbocycles. The van der Waals surface area contributed by atoms with Crippen LogP contribution in [-0.2, 0) is 14.4 Å². The first kappa shape index (κ1) is 28.9. The van der Waals surface area contributed by atoms with Gasteiger partial charge in [0.2, 0.25) is 0 Å². The third kappa shape index (κ3) is 8.44. The molecule has 38 heavy (non-hydrogen) atoms. The Balaban J connectivity index is 1.90. The Kier molecular flexibility index (Phi) is 11.4. The number of rotatable bonds is 7. The molecular weight excluding hydrogens is 514 g/mol. The predicted octanol–water partition coefficient (Wildman–Crippen LogP) is 5.15. The monoisotopic (exact) mass is 545 g/mol. The molecule has 0 aromatic heterocycles. The number of nitrogens with one attached hydrogen (secondary N) is 1. The van der Waals surface area contributed by atoms with E-state index in [1.807, 2.05) is 18.2 Å². The smallest absolute Gasteiger partial charge is 0.342 e. The number of nitrogens with zero attached hydrogens (tertiary/aromatic N) is 4. The summed E-state index contributed by atoms with van der Waals surface area (Å²) in [5, 5.41) is 24.1. The number of ether oxygens (including phenoxy) is 1. The second kappa shape index (κ2) is 14.9. The van der Waals surface area contributed by atoms with Crippen molar-refractivity contribution in [3.05, 3.63) is 62.7 Å². The van der Waals surface area contributed by atoms with Crippen molar-refractivity contribution in [2.75, 3.05) is 26.2 Å². The van der Waals surface area contributed by atoms with Gasteiger partial charge in [-0.1, -0.05) is 34.9 Å². The number of cyclic esters (lactones) is 1. The van der Waals surface area contributed by atoms with Crippen LogP contribution in [0.3, 0.4) is 0 Å². The van der Waals surface area contributed by atoms with Crippen LogP contribution < -0.4 is 5.48 Å². The van der Waals surface area contributed by atoms with Gasteiger partial charge in [-0.2, -0.15) is 0 Å². The van der Waals surface area contributed by atoms with E-state index in [9.17, 15) is 19.8 Å². The number of carbonyl (C=O) groups is 2. The van der Waals surface area contributed by atoms with E-state index in [0.717, 1.165) is 25.3 Å². The number of benzene rings is 1. The highest BCUT2D eigenvalue weighted by Gasteiger charge is 2.25. The molecule has 1 aromatic rings. The molecule has 2 aliphatic rings. The summed E-state index contributed by atoms with van der Waals surface area (Å²) in [4.78, 5) is 35.6. The number of esters is 1. The molecule has 1 saturated heterocycles. The van der Waals surface area contributed by atoms with E-state index in [2.05, 4.69) is 15.5 Å². The fraction of sp³-hybridized carbons (Fsp3) is 0.462. The van der Waals surface area contributed by atoms with Crippen molar-refractivity contribution in [1.82, 2.24) is 10.4 Å². The van der Waals surface area contributed by atoms with Crippen molar-refractivity contribution in [2.45, 2.75) is 51.0 Å². The highest BCUT2D eigenvalue weighted by atomic mass is 35.5. The van der Waals surface area contributed by atoms with E-state index in [1.165, 1.54) is 6.08 Å². The lowest BCUT2D eigenvalue weighted by molar-refractivity contribution is -0.139. The molecule has 204 valence electrons. The summed E-state index contributed by atoms with van der Waals surface area (Å²) >= 11 is 6.36. The molecule has 2 aliphatic heterocycles. The number of aromatic hydroxyl groups is 2. The Morgan fingerprint density at radius 1 is 1.21 bits per heavy atom. The number of amides is 1. The number of phenols is 2. The maximum atomic E-state index is 13.2. The molecule has 3 N–H and O–H groups in total. The summed E-state index contributed by atoms with van der Waals surface area (Å²) in [7, 11) is 0. The predicted molar refractivity (Wildman–Crippen MR) is 142 cm³/mol. The number of piperidine rings is 1. The number of carbonyl (C=O) groups excluding carboxylic acids is 2. The van der Waals surface area contributed by atoms with Crippen LogP contribution in [-0.4, -0.2) is 59.3 Å². The molecule has 2 heterocycles. The van der Waals surface area contributed by atoms with Crippen molar-refractivity contribution in [3.63, 3.8) is 0 Å². The Hall–Kier alpha value is -3.66. The molecule has 1 aromatic carbocycles. The molecule has 3 rings (SSSR count). The minimum Gasteiger partial charge on any atom is -0.507 e. The highest BCUT2D eigenvalue weighted by molar-refractivity contribution is 6.34. The van der Waals surface area contributed by atoms with Crippen molar-refractivity contribution < 1.29 is 29.4 Å². The van der Waals surface area contributed by atoms with Crippen LogP contribution in [0.2, 0.25) is 5.02 Å². The summed E-state index contributed by atoms with van der Waals surface area (Å²) in [6.07, 6.45) is 13.3. The summed E-state index contributed by atoms with van der Waals surface area (Å²) in [6, 6.07) is 0.963. The highest BCUT2D eigenvalue weighted by Crippen LogP contribution is 2.38. The Morgan fingerprint density at radius 3 is 2.74 bits per heavy atom. The lowest BCUT2D eigenvalue weighted by Crippen LogP contribution is -2.39. The topological polar surface area (TPSA) is 157 Å². The zero-order valence-electron chi connectivity index (χ0n) is 21.0. The maximum absolute atomic E-state index is 13.2. The van der Waals surface area contributed by atoms with Gasteiger partial charge in [0, 0.05) is 42.6 Å². The molecule has 12 heteroatoms. The van der Waals surface area contributed by atoms with Gasteiger partial charge >= 0.3 is 5.97 Å². The number of phenolic OH excluding ortho intramolecular Hbond substituents is 2. The molecule has 1 fully saturated rings. The van der Waals surface area contributed by atoms with Gasteiger partial charge in [-0.3, -0.25) is 15.1 Å². The molecule has 0 spiro atoms. The standard InChI is InChI=1S/C26H32ClN5O6/c27-25-20-15-18(30-37-17-23(35)32-13-7-4-8-14-32)9-5-2-1-3-6-10-19(11-12-29-31-28)38-26(36)24(20)21(33)16-22(25)34/h3,5-6,9,15-16,19,30,33-34H,1-2,4,7-8,10-14,17H2/b6-3?,9-5?,18-15-. The largest absolute Gasteiger partial charge is 0.507 e. The van der Waals surface area contributed by atoms with Gasteiger partial charge < -0.3 is 19.8 Å². The van der Waals surface area contributed by atoms with Crippen molar-refractivity contribution in [2.24, 2.45) is 5.11 Å². The maximum Gasteiger partial charge on any atom is 0.342 e. The average Bonchev–Trinajstić information content (AvgIpc) is 2.90. The van der Waals surface area contributed by atoms with E-state index in [0.29, 0.717) is 38.0 Å². The van der Waals surface area contributed by atoms with E-state index < -0.39 is 23.6 Å². The van der Waals surface area contributed by atoms with Crippen LogP contribution in [0.4, 0.5) is 0 Å². The van der Waals surface area contributed by atoms with E-state index >= 15 is 0 Å². The minimum atomic E-state index is -0.864. The number of fused-ring (bicyclic) bond motifs is 1. The molecule has 1 amide bonds. The zero-order chi connectivity index (χ0) is 27.3. The van der Waals surface area contributed by atoms with Crippen LogP contribution in [0.1, 0.15) is 60.9 Å². The summed E-state index contributed by atoms with van der Waals surface area (Å²) < 4.78 is 5.64. The number of hydrogen-bond donors (Lipinski definition) is 3. The van der Waals surface area contributed by atoms with Gasteiger partial charge in [0.15, 0.2) is 6.61 Å². The van der Waals surface area contributed by atoms with Gasteiger partial charge in [0.1, 0.15) is 23.2 Å². The van der Waals surface area contributed by atoms with E-state index in [1.54, 1.807) is 11.0 Å². The summed E-state index contributed by atoms with van der Waals surface area (Å²) in [5.74, 6) is -1.96. The van der Waals surface area contributed by atoms with Gasteiger partial charge in [-0.25, -0.2) is 4.79 Å². The van der Waals surface area contributed by atoms with Gasteiger partial charge in [-0.15, -0.1) is 0 Å². The lowest BCUT2D eigenvalue weighted by Gasteiger charge is -2.26. The normalized spacial score (nSPS) is 19.8. The first-order valence-corrected chi connectivity index (χ1v) is 12.9. The number of allylic oxidation sites excluding steroid dienone is 3. The molecule has 11 nitrogen and oxygen atoms in total. The fourth-order valence-electron chi connectivity index (χ4n) is 4.13.